The van der Waals surface area contributed by atoms with E-state index in [9.17, 15) is 14.9 Å². The first-order valence-electron chi connectivity index (χ1n) is 10.8. The second-order valence-corrected chi connectivity index (χ2v) is 8.09. The second kappa shape index (κ2) is 9.21. The van der Waals surface area contributed by atoms with Gasteiger partial charge in [0.05, 0.1) is 24.2 Å². The maximum atomic E-state index is 13.7. The van der Waals surface area contributed by atoms with Gasteiger partial charge >= 0.3 is 0 Å². The highest BCUT2D eigenvalue weighted by Gasteiger charge is 2.32. The summed E-state index contributed by atoms with van der Waals surface area (Å²) < 4.78 is 0. The number of amides is 2. The largest absolute Gasteiger partial charge is 0.343 e. The van der Waals surface area contributed by atoms with Crippen molar-refractivity contribution in [2.75, 3.05) is 11.9 Å². The number of carbonyl (C=O) groups is 2. The van der Waals surface area contributed by atoms with Crippen molar-refractivity contribution in [2.24, 2.45) is 0 Å². The van der Waals surface area contributed by atoms with Crippen LogP contribution in [0.4, 0.5) is 5.69 Å². The van der Waals surface area contributed by atoms with Crippen molar-refractivity contribution in [3.63, 3.8) is 0 Å². The number of likely N-dealkylation sites (N-methyl/N-ethyl adjacent to an activating group) is 1. The molecular weight excluding hydrogens is 400 g/mol. The van der Waals surface area contributed by atoms with Gasteiger partial charge in [-0.1, -0.05) is 48.5 Å². The fourth-order valence-corrected chi connectivity index (χ4v) is 4.21. The molecule has 0 aromatic heterocycles. The van der Waals surface area contributed by atoms with Gasteiger partial charge in [-0.25, -0.2) is 0 Å². The summed E-state index contributed by atoms with van der Waals surface area (Å²) in [5.41, 5.74) is 3.51. The third-order valence-corrected chi connectivity index (χ3v) is 6.15. The highest BCUT2D eigenvalue weighted by Crippen LogP contribution is 2.31. The summed E-state index contributed by atoms with van der Waals surface area (Å²) in [6.07, 6.45) is 1.24. The molecule has 32 heavy (non-hydrogen) atoms. The van der Waals surface area contributed by atoms with Crippen molar-refractivity contribution in [3.05, 3.63) is 77.4 Å². The van der Waals surface area contributed by atoms with E-state index in [4.69, 9.17) is 0 Å². The van der Waals surface area contributed by atoms with E-state index in [2.05, 4.69) is 16.7 Å². The molecule has 162 valence electrons. The number of benzene rings is 3. The maximum Gasteiger partial charge on any atom is 0.249 e. The number of para-hydroxylation sites is 1. The quantitative estimate of drug-likeness (QED) is 0.656. The van der Waals surface area contributed by atoms with Crippen molar-refractivity contribution < 1.29 is 9.59 Å². The Labute approximate surface area is 187 Å². The summed E-state index contributed by atoms with van der Waals surface area (Å²) in [6, 6.07) is 20.6. The molecule has 0 bridgehead atoms. The maximum absolute atomic E-state index is 13.7. The van der Waals surface area contributed by atoms with Gasteiger partial charge < -0.3 is 15.5 Å². The fraction of sp³-hybridized carbons (Fsp3) is 0.269. The first-order valence-corrected chi connectivity index (χ1v) is 10.8. The number of anilines is 1. The van der Waals surface area contributed by atoms with Crippen LogP contribution in [-0.2, 0) is 22.6 Å². The first-order chi connectivity index (χ1) is 15.5. The van der Waals surface area contributed by atoms with Gasteiger partial charge in [0.1, 0.15) is 6.04 Å². The predicted octanol–water partition coefficient (Wildman–Crippen LogP) is 3.28. The molecule has 0 unspecified atom stereocenters. The molecule has 2 N–H and O–H groups in total. The van der Waals surface area contributed by atoms with Gasteiger partial charge in [-0.15, -0.1) is 0 Å². The first kappa shape index (κ1) is 21.5. The van der Waals surface area contributed by atoms with Gasteiger partial charge in [-0.3, -0.25) is 9.59 Å². The van der Waals surface area contributed by atoms with Crippen molar-refractivity contribution in [3.8, 4) is 6.07 Å². The molecule has 6 nitrogen and oxygen atoms in total. The van der Waals surface area contributed by atoms with Crippen molar-refractivity contribution in [1.29, 1.82) is 5.26 Å². The van der Waals surface area contributed by atoms with Crippen LogP contribution >= 0.6 is 0 Å². The van der Waals surface area contributed by atoms with Crippen LogP contribution in [0.3, 0.4) is 0 Å². The normalized spacial score (nSPS) is 16.7. The summed E-state index contributed by atoms with van der Waals surface area (Å²) in [4.78, 5) is 27.9. The Balaban J connectivity index is 1.74. The lowest BCUT2D eigenvalue weighted by Crippen LogP contribution is -2.52. The van der Waals surface area contributed by atoms with E-state index in [1.165, 1.54) is 0 Å². The summed E-state index contributed by atoms with van der Waals surface area (Å²) in [7, 11) is 1.72. The average molecular weight is 427 g/mol. The van der Waals surface area contributed by atoms with E-state index in [-0.39, 0.29) is 17.9 Å². The SMILES string of the molecule is CN[C@@H](C)C(=O)N[C@H]1CCc2ccccc2N(Cc2ccc(C#N)c3ccccc23)C1=O. The molecule has 0 saturated heterocycles. The molecular formula is C26H26N4O2. The molecule has 0 spiro atoms. The molecule has 3 aromatic rings. The predicted molar refractivity (Wildman–Crippen MR) is 125 cm³/mol. The zero-order chi connectivity index (χ0) is 22.7. The molecule has 2 atom stereocenters. The average Bonchev–Trinajstić information content (AvgIpc) is 2.96. The second-order valence-electron chi connectivity index (χ2n) is 8.09. The minimum absolute atomic E-state index is 0.125. The van der Waals surface area contributed by atoms with E-state index in [1.54, 1.807) is 24.9 Å². The molecule has 1 aliphatic rings. The van der Waals surface area contributed by atoms with E-state index in [1.807, 2.05) is 54.6 Å². The summed E-state index contributed by atoms with van der Waals surface area (Å²) >= 11 is 0. The van der Waals surface area contributed by atoms with E-state index in [0.29, 0.717) is 24.9 Å². The van der Waals surface area contributed by atoms with E-state index < -0.39 is 6.04 Å². The molecule has 6 heteroatoms. The number of nitrogens with one attached hydrogen (secondary N) is 2. The van der Waals surface area contributed by atoms with Crippen LogP contribution in [0.1, 0.15) is 30.0 Å². The topological polar surface area (TPSA) is 85.2 Å². The van der Waals surface area contributed by atoms with Gasteiger partial charge in [0.25, 0.3) is 0 Å². The van der Waals surface area contributed by atoms with Crippen LogP contribution in [0, 0.1) is 11.3 Å². The van der Waals surface area contributed by atoms with Crippen molar-refractivity contribution >= 4 is 28.3 Å². The Hall–Kier alpha value is -3.69. The summed E-state index contributed by atoms with van der Waals surface area (Å²) in [5.74, 6) is -0.319. The minimum Gasteiger partial charge on any atom is -0.343 e. The fourth-order valence-electron chi connectivity index (χ4n) is 4.21. The molecule has 3 aromatic carbocycles. The number of nitriles is 1. The van der Waals surface area contributed by atoms with Crippen LogP contribution in [0.5, 0.6) is 0 Å². The minimum atomic E-state index is -0.602. The Morgan fingerprint density at radius 3 is 2.59 bits per heavy atom. The number of fused-ring (bicyclic) bond motifs is 2. The molecule has 0 saturated carbocycles. The van der Waals surface area contributed by atoms with Gasteiger partial charge in [0.2, 0.25) is 11.8 Å². The Morgan fingerprint density at radius 2 is 1.84 bits per heavy atom. The van der Waals surface area contributed by atoms with Crippen LogP contribution in [-0.4, -0.2) is 30.9 Å². The number of hydrogen-bond acceptors (Lipinski definition) is 4. The lowest BCUT2D eigenvalue weighted by molar-refractivity contribution is -0.128. The number of hydrogen-bond donors (Lipinski definition) is 2. The van der Waals surface area contributed by atoms with Crippen molar-refractivity contribution in [2.45, 2.75) is 38.4 Å². The molecule has 0 aliphatic carbocycles. The van der Waals surface area contributed by atoms with Crippen LogP contribution in [0.15, 0.2) is 60.7 Å². The molecule has 4 rings (SSSR count). The number of rotatable bonds is 5. The zero-order valence-electron chi connectivity index (χ0n) is 18.3. The summed E-state index contributed by atoms with van der Waals surface area (Å²) in [6.45, 7) is 2.13. The third kappa shape index (κ3) is 4.08. The van der Waals surface area contributed by atoms with E-state index >= 15 is 0 Å². The smallest absolute Gasteiger partial charge is 0.249 e. The van der Waals surface area contributed by atoms with Gasteiger partial charge in [0, 0.05) is 5.69 Å². The lowest BCUT2D eigenvalue weighted by Gasteiger charge is -2.27. The highest BCUT2D eigenvalue weighted by atomic mass is 16.2. The highest BCUT2D eigenvalue weighted by molar-refractivity contribution is 6.01. The van der Waals surface area contributed by atoms with Crippen LogP contribution in [0.2, 0.25) is 0 Å². The van der Waals surface area contributed by atoms with Gasteiger partial charge in [-0.2, -0.15) is 5.26 Å². The zero-order valence-corrected chi connectivity index (χ0v) is 18.3. The van der Waals surface area contributed by atoms with Gasteiger partial charge in [-0.05, 0) is 60.8 Å². The molecule has 0 radical (unpaired) electrons. The van der Waals surface area contributed by atoms with E-state index in [0.717, 1.165) is 27.6 Å². The molecule has 1 heterocycles. The third-order valence-electron chi connectivity index (χ3n) is 6.15. The Bertz CT molecular complexity index is 1210. The molecule has 0 fully saturated rings. The lowest BCUT2D eigenvalue weighted by atomic mass is 9.99. The van der Waals surface area contributed by atoms with Crippen LogP contribution < -0.4 is 15.5 Å². The summed E-state index contributed by atoms with van der Waals surface area (Å²) in [5, 5.41) is 17.2. The number of aryl methyl sites for hydroxylation is 1. The Kier molecular flexibility index (Phi) is 6.20. The molecule has 1 aliphatic heterocycles. The standard InChI is InChI=1S/C26H26N4O2/c1-17(28-2)25(31)29-23-14-13-18-7-3-6-10-24(18)30(26(23)32)16-20-12-11-19(15-27)21-8-4-5-9-22(20)21/h3-12,17,23,28H,13-14,16H2,1-2H3,(H,29,31)/t17-,23-/m0/s1. The van der Waals surface area contributed by atoms with Gasteiger partial charge in [0.15, 0.2) is 0 Å². The monoisotopic (exact) mass is 426 g/mol. The number of carbonyl (C=O) groups excluding carboxylic acids is 2. The Morgan fingerprint density at radius 1 is 1.12 bits per heavy atom. The van der Waals surface area contributed by atoms with Crippen molar-refractivity contribution in [1.82, 2.24) is 10.6 Å². The van der Waals surface area contributed by atoms with Crippen LogP contribution in [0.25, 0.3) is 10.8 Å². The number of nitrogens with zero attached hydrogens (tertiary/aromatic N) is 2. The molecule has 2 amide bonds.